The van der Waals surface area contributed by atoms with E-state index >= 15 is 0 Å². The van der Waals surface area contributed by atoms with Gasteiger partial charge < -0.3 is 4.84 Å². The lowest BCUT2D eigenvalue weighted by atomic mass is 10.1. The maximum Gasteiger partial charge on any atom is 0.363 e. The molecule has 0 aliphatic heterocycles. The van der Waals surface area contributed by atoms with Crippen LogP contribution in [0.1, 0.15) is 31.1 Å². The van der Waals surface area contributed by atoms with Gasteiger partial charge in [0.2, 0.25) is 0 Å². The van der Waals surface area contributed by atoms with Gasteiger partial charge >= 0.3 is 11.9 Å². The van der Waals surface area contributed by atoms with E-state index in [1.54, 1.807) is 51.1 Å². The maximum absolute atomic E-state index is 12.0. The molecular formula is C13H14Cl3NO3. The number of amides is 1. The van der Waals surface area contributed by atoms with Gasteiger partial charge in [-0.2, -0.15) is 5.06 Å². The highest BCUT2D eigenvalue weighted by molar-refractivity contribution is 6.76. The van der Waals surface area contributed by atoms with E-state index in [4.69, 9.17) is 39.6 Å². The molecule has 7 heteroatoms. The zero-order valence-electron chi connectivity index (χ0n) is 11.2. The molecule has 4 nitrogen and oxygen atoms in total. The highest BCUT2D eigenvalue weighted by atomic mass is 35.6. The number of rotatable bonds is 1. The predicted molar refractivity (Wildman–Crippen MR) is 78.7 cm³/mol. The van der Waals surface area contributed by atoms with E-state index in [0.29, 0.717) is 5.56 Å². The Morgan fingerprint density at radius 3 is 1.95 bits per heavy atom. The molecule has 0 spiro atoms. The first kappa shape index (κ1) is 17.1. The van der Waals surface area contributed by atoms with Gasteiger partial charge in [0, 0.05) is 0 Å². The van der Waals surface area contributed by atoms with Crippen molar-refractivity contribution in [2.75, 3.05) is 0 Å². The fraction of sp³-hybridized carbons (Fsp3) is 0.385. The third-order valence-electron chi connectivity index (χ3n) is 2.22. The number of nitrogens with zero attached hydrogens (tertiary/aromatic N) is 1. The van der Waals surface area contributed by atoms with Gasteiger partial charge in [0.25, 0.3) is 3.79 Å². The average Bonchev–Trinajstić information content (AvgIpc) is 2.33. The van der Waals surface area contributed by atoms with Crippen molar-refractivity contribution in [2.24, 2.45) is 0 Å². The van der Waals surface area contributed by atoms with Crippen LogP contribution in [-0.2, 0) is 9.63 Å². The quantitative estimate of drug-likeness (QED) is 0.578. The van der Waals surface area contributed by atoms with Gasteiger partial charge in [-0.15, -0.1) is 0 Å². The summed E-state index contributed by atoms with van der Waals surface area (Å²) in [5.41, 5.74) is -0.565. The third kappa shape index (κ3) is 4.54. The Kier molecular flexibility index (Phi) is 5.30. The molecule has 0 N–H and O–H groups in total. The summed E-state index contributed by atoms with van der Waals surface area (Å²) < 4.78 is -2.20. The average molecular weight is 339 g/mol. The fourth-order valence-electron chi connectivity index (χ4n) is 1.31. The molecule has 1 aromatic carbocycles. The van der Waals surface area contributed by atoms with Crippen LogP contribution >= 0.6 is 34.8 Å². The zero-order chi connectivity index (χ0) is 15.6. The summed E-state index contributed by atoms with van der Waals surface area (Å²) in [6.45, 7) is 4.96. The van der Waals surface area contributed by atoms with Gasteiger partial charge in [0.1, 0.15) is 0 Å². The molecule has 0 heterocycles. The summed E-state index contributed by atoms with van der Waals surface area (Å²) in [7, 11) is 0. The molecule has 0 fully saturated rings. The predicted octanol–water partition coefficient (Wildman–Crippen LogP) is 3.76. The lowest BCUT2D eigenvalue weighted by Gasteiger charge is -2.34. The molecule has 0 unspecified atom stereocenters. The molecule has 0 saturated heterocycles. The van der Waals surface area contributed by atoms with Gasteiger partial charge in [-0.1, -0.05) is 53.0 Å². The van der Waals surface area contributed by atoms with E-state index in [0.717, 1.165) is 5.06 Å². The summed E-state index contributed by atoms with van der Waals surface area (Å²) >= 11 is 16.7. The summed E-state index contributed by atoms with van der Waals surface area (Å²) in [6, 6.07) is 8.22. The number of carbonyl (C=O) groups is 2. The van der Waals surface area contributed by atoms with Crippen LogP contribution in [0.5, 0.6) is 0 Å². The molecule has 0 radical (unpaired) electrons. The molecule has 1 aromatic rings. The molecule has 1 amide bonds. The van der Waals surface area contributed by atoms with E-state index in [1.807, 2.05) is 0 Å². The van der Waals surface area contributed by atoms with Gasteiger partial charge in [0.15, 0.2) is 0 Å². The van der Waals surface area contributed by atoms with Gasteiger partial charge in [0.05, 0.1) is 11.1 Å². The second-order valence-electron chi connectivity index (χ2n) is 5.01. The normalized spacial score (nSPS) is 11.9. The molecule has 0 aliphatic rings. The van der Waals surface area contributed by atoms with E-state index in [9.17, 15) is 9.59 Å². The Balaban J connectivity index is 2.98. The summed E-state index contributed by atoms with van der Waals surface area (Å²) in [5.74, 6) is -1.64. The summed E-state index contributed by atoms with van der Waals surface area (Å²) in [6.07, 6.45) is 0. The minimum atomic E-state index is -2.20. The Morgan fingerprint density at radius 1 is 1.05 bits per heavy atom. The standard InChI is InChI=1S/C13H14Cl3NO3/c1-12(2,3)17(11(19)13(14,15)16)20-10(18)9-7-5-4-6-8-9/h4-8H,1-3H3. The van der Waals surface area contributed by atoms with Crippen LogP contribution in [-0.4, -0.2) is 26.3 Å². The van der Waals surface area contributed by atoms with E-state index in [-0.39, 0.29) is 0 Å². The summed E-state index contributed by atoms with van der Waals surface area (Å²) in [5, 5.41) is 0.773. The number of hydroxylamine groups is 2. The van der Waals surface area contributed by atoms with Gasteiger partial charge in [-0.3, -0.25) is 4.79 Å². The van der Waals surface area contributed by atoms with E-state index in [1.165, 1.54) is 0 Å². The van der Waals surface area contributed by atoms with Crippen molar-refractivity contribution in [3.05, 3.63) is 35.9 Å². The fourth-order valence-corrected chi connectivity index (χ4v) is 1.54. The number of halogens is 3. The minimum absolute atomic E-state index is 0.291. The first-order chi connectivity index (χ1) is 9.03. The molecule has 0 bridgehead atoms. The van der Waals surface area contributed by atoms with E-state index in [2.05, 4.69) is 0 Å². The molecule has 1 rings (SSSR count). The maximum atomic E-state index is 12.0. The number of hydrogen-bond donors (Lipinski definition) is 0. The third-order valence-corrected chi connectivity index (χ3v) is 2.70. The minimum Gasteiger partial charge on any atom is -0.332 e. The highest BCUT2D eigenvalue weighted by Crippen LogP contribution is 2.31. The van der Waals surface area contributed by atoms with Crippen LogP contribution in [0.4, 0.5) is 0 Å². The van der Waals surface area contributed by atoms with Crippen molar-refractivity contribution in [1.29, 1.82) is 0 Å². The van der Waals surface area contributed by atoms with Crippen LogP contribution in [0.15, 0.2) is 30.3 Å². The Morgan fingerprint density at radius 2 is 1.55 bits per heavy atom. The largest absolute Gasteiger partial charge is 0.363 e. The van der Waals surface area contributed by atoms with Crippen LogP contribution in [0, 0.1) is 0 Å². The number of hydrogen-bond acceptors (Lipinski definition) is 3. The molecule has 20 heavy (non-hydrogen) atoms. The molecule has 0 atom stereocenters. The van der Waals surface area contributed by atoms with Crippen molar-refractivity contribution < 1.29 is 14.4 Å². The van der Waals surface area contributed by atoms with Crippen molar-refractivity contribution in [3.8, 4) is 0 Å². The van der Waals surface area contributed by atoms with Crippen molar-refractivity contribution in [1.82, 2.24) is 5.06 Å². The van der Waals surface area contributed by atoms with E-state index < -0.39 is 21.2 Å². The Bertz CT molecular complexity index is 492. The van der Waals surface area contributed by atoms with Gasteiger partial charge in [-0.05, 0) is 32.9 Å². The van der Waals surface area contributed by atoms with Crippen molar-refractivity contribution in [3.63, 3.8) is 0 Å². The Hall–Kier alpha value is -0.970. The molecule has 0 saturated carbocycles. The van der Waals surface area contributed by atoms with Crippen LogP contribution in [0.3, 0.4) is 0 Å². The Labute approximate surface area is 132 Å². The highest BCUT2D eigenvalue weighted by Gasteiger charge is 2.42. The first-order valence-electron chi connectivity index (χ1n) is 5.72. The lowest BCUT2D eigenvalue weighted by molar-refractivity contribution is -0.187. The number of carbonyl (C=O) groups excluding carboxylic acids is 2. The second kappa shape index (κ2) is 6.20. The monoisotopic (exact) mass is 337 g/mol. The SMILES string of the molecule is CC(C)(C)N(OC(=O)c1ccccc1)C(=O)C(Cl)(Cl)Cl. The smallest absolute Gasteiger partial charge is 0.332 e. The van der Waals surface area contributed by atoms with Crippen LogP contribution < -0.4 is 0 Å². The topological polar surface area (TPSA) is 46.6 Å². The molecule has 0 aromatic heterocycles. The van der Waals surface area contributed by atoms with Crippen molar-refractivity contribution in [2.45, 2.75) is 30.1 Å². The zero-order valence-corrected chi connectivity index (χ0v) is 13.5. The van der Waals surface area contributed by atoms with Crippen LogP contribution in [0.25, 0.3) is 0 Å². The molecular weight excluding hydrogens is 325 g/mol. The summed E-state index contributed by atoms with van der Waals surface area (Å²) in [4.78, 5) is 29.1. The van der Waals surface area contributed by atoms with Crippen LogP contribution in [0.2, 0.25) is 0 Å². The lowest BCUT2D eigenvalue weighted by Crippen LogP contribution is -2.51. The second-order valence-corrected chi connectivity index (χ2v) is 7.29. The first-order valence-corrected chi connectivity index (χ1v) is 6.85. The van der Waals surface area contributed by atoms with Crippen molar-refractivity contribution >= 4 is 46.7 Å². The number of alkyl halides is 3. The van der Waals surface area contributed by atoms with Gasteiger partial charge in [-0.25, -0.2) is 4.79 Å². The number of benzene rings is 1. The molecule has 110 valence electrons. The molecule has 0 aliphatic carbocycles.